The lowest BCUT2D eigenvalue weighted by Gasteiger charge is -2.33. The Hall–Kier alpha value is -3.41. The van der Waals surface area contributed by atoms with Crippen molar-refractivity contribution in [3.05, 3.63) is 29.3 Å². The van der Waals surface area contributed by atoms with E-state index in [1.54, 1.807) is 0 Å². The van der Waals surface area contributed by atoms with Crippen molar-refractivity contribution in [2.24, 2.45) is 11.8 Å². The third kappa shape index (κ3) is 4.99. The molecule has 7 heterocycles. The van der Waals surface area contributed by atoms with Crippen molar-refractivity contribution in [1.82, 2.24) is 39.0 Å². The van der Waals surface area contributed by atoms with Gasteiger partial charge in [-0.15, -0.1) is 12.3 Å². The van der Waals surface area contributed by atoms with Crippen LogP contribution in [-0.4, -0.2) is 87.7 Å². The van der Waals surface area contributed by atoms with Crippen molar-refractivity contribution in [1.29, 1.82) is 0 Å². The fourth-order valence-corrected chi connectivity index (χ4v) is 9.33. The molecule has 3 aliphatic heterocycles. The van der Waals surface area contributed by atoms with Gasteiger partial charge < -0.3 is 30.4 Å². The van der Waals surface area contributed by atoms with Crippen LogP contribution in [0.3, 0.4) is 0 Å². The molecule has 0 radical (unpaired) electrons. The second-order valence-electron chi connectivity index (χ2n) is 11.6. The number of hydrogen-bond donors (Lipinski definition) is 5. The van der Waals surface area contributed by atoms with E-state index >= 15 is 0 Å². The Bertz CT molecular complexity index is 2120. The van der Waals surface area contributed by atoms with Gasteiger partial charge in [-0.05, 0) is 6.42 Å². The molecule has 0 spiro atoms. The van der Waals surface area contributed by atoms with Gasteiger partial charge in [0, 0.05) is 5.92 Å². The first-order valence-corrected chi connectivity index (χ1v) is 18.3. The van der Waals surface area contributed by atoms with E-state index in [1.165, 1.54) is 28.1 Å². The van der Waals surface area contributed by atoms with Gasteiger partial charge in [-0.3, -0.25) is 32.4 Å². The van der Waals surface area contributed by atoms with Crippen LogP contribution in [0, 0.1) is 24.2 Å². The van der Waals surface area contributed by atoms with E-state index in [4.69, 9.17) is 45.5 Å². The van der Waals surface area contributed by atoms with E-state index in [2.05, 4.69) is 48.1 Å². The van der Waals surface area contributed by atoms with Gasteiger partial charge in [0.2, 0.25) is 5.95 Å². The minimum absolute atomic E-state index is 0.00318. The fraction of sp³-hybridized carbons (Fsp3) is 0.500. The number of nitrogen functional groups attached to an aromatic ring is 2. The average molecular weight is 709 g/mol. The molecule has 47 heavy (non-hydrogen) atoms. The zero-order chi connectivity index (χ0) is 32.9. The van der Waals surface area contributed by atoms with E-state index in [0.717, 1.165) is 0 Å². The molecule has 3 saturated heterocycles. The number of thiol groups is 1. The maximum Gasteiger partial charge on any atom is 0.472 e. The predicted octanol–water partition coefficient (Wildman–Crippen LogP) is 0.556. The van der Waals surface area contributed by atoms with Crippen LogP contribution in [0.25, 0.3) is 22.3 Å². The van der Waals surface area contributed by atoms with Crippen LogP contribution in [0.4, 0.5) is 11.8 Å². The van der Waals surface area contributed by atoms with Crippen LogP contribution in [0.5, 0.6) is 0 Å². The number of aromatic nitrogens is 8. The Balaban J connectivity index is 1.16. The Morgan fingerprint density at radius 2 is 1.85 bits per heavy atom. The van der Waals surface area contributed by atoms with Gasteiger partial charge >= 0.3 is 14.6 Å². The van der Waals surface area contributed by atoms with Gasteiger partial charge in [-0.1, -0.05) is 12.2 Å². The second-order valence-corrected chi connectivity index (χ2v) is 15.8. The average Bonchev–Trinajstić information content (AvgIpc) is 3.82. The summed E-state index contributed by atoms with van der Waals surface area (Å²) in [5, 5.41) is 0. The molecule has 0 aromatic carbocycles. The third-order valence-corrected chi connectivity index (χ3v) is 11.4. The summed E-state index contributed by atoms with van der Waals surface area (Å²) in [4.78, 5) is 46.6. The number of hydrogen-bond acceptors (Lipinski definition) is 16. The maximum absolute atomic E-state index is 13.9. The number of terminal acetylenes is 1. The van der Waals surface area contributed by atoms with Crippen LogP contribution < -0.4 is 17.0 Å². The largest absolute Gasteiger partial charge is 0.472 e. The lowest BCUT2D eigenvalue weighted by Crippen LogP contribution is -2.45. The summed E-state index contributed by atoms with van der Waals surface area (Å²) in [5.41, 5.74) is 10.3. The molecule has 4 fully saturated rings. The van der Waals surface area contributed by atoms with Gasteiger partial charge in [0.15, 0.2) is 28.9 Å². The summed E-state index contributed by atoms with van der Waals surface area (Å²) in [7, 11) is -4.83. The molecule has 1 aliphatic carbocycles. The van der Waals surface area contributed by atoms with Gasteiger partial charge in [0.1, 0.15) is 35.8 Å². The van der Waals surface area contributed by atoms with Crippen molar-refractivity contribution >= 4 is 61.0 Å². The smallest absolute Gasteiger partial charge is 0.382 e. The lowest BCUT2D eigenvalue weighted by atomic mass is 9.97. The number of nitrogens with one attached hydrogen (secondary N) is 1. The number of nitrogens with two attached hydrogens (primary N) is 2. The van der Waals surface area contributed by atoms with Crippen molar-refractivity contribution < 1.29 is 41.6 Å². The first kappa shape index (κ1) is 30.9. The molecule has 10 atom stereocenters. The summed E-state index contributed by atoms with van der Waals surface area (Å²) in [6.07, 6.45) is 5.78. The first-order valence-electron chi connectivity index (χ1n) is 14.1. The first-order chi connectivity index (χ1) is 22.4. The van der Waals surface area contributed by atoms with Crippen LogP contribution >= 0.6 is 26.9 Å². The molecule has 4 aliphatic rings. The Labute approximate surface area is 268 Å². The summed E-state index contributed by atoms with van der Waals surface area (Å²) in [6, 6.07) is -0.754. The lowest BCUT2D eigenvalue weighted by molar-refractivity contribution is -0.182. The van der Waals surface area contributed by atoms with Crippen molar-refractivity contribution in [2.75, 3.05) is 31.3 Å². The number of fused-ring (bicyclic) bond motifs is 4. The second kappa shape index (κ2) is 10.8. The third-order valence-electron chi connectivity index (χ3n) is 8.85. The van der Waals surface area contributed by atoms with E-state index in [0.29, 0.717) is 11.2 Å². The van der Waals surface area contributed by atoms with Gasteiger partial charge in [-0.2, -0.15) is 4.98 Å². The predicted molar refractivity (Wildman–Crippen MR) is 162 cm³/mol. The summed E-state index contributed by atoms with van der Waals surface area (Å²) in [5.74, 6) is 1.13. The van der Waals surface area contributed by atoms with Crippen LogP contribution in [0.2, 0.25) is 0 Å². The highest BCUT2D eigenvalue weighted by atomic mass is 32.7. The molecule has 4 bridgehead atoms. The summed E-state index contributed by atoms with van der Waals surface area (Å²) >= 11 is 4.27. The normalized spacial score (nSPS) is 38.9. The molecule has 0 amide bonds. The topological polar surface area (TPSA) is 269 Å². The minimum atomic E-state index is -4.83. The molecule has 23 heteroatoms. The quantitative estimate of drug-likeness (QED) is 0.108. The molecule has 8 rings (SSSR count). The van der Waals surface area contributed by atoms with E-state index in [9.17, 15) is 18.8 Å². The number of phosphoric ester groups is 1. The number of nitrogens with zero attached hydrogens (tertiary/aromatic N) is 7. The molecule has 20 nitrogen and oxygen atoms in total. The molecule has 4 aromatic heterocycles. The van der Waals surface area contributed by atoms with Gasteiger partial charge in [0.25, 0.3) is 5.56 Å². The van der Waals surface area contributed by atoms with Crippen molar-refractivity contribution in [3.63, 3.8) is 0 Å². The zero-order valence-electron chi connectivity index (χ0n) is 23.9. The molecule has 4 aromatic rings. The highest BCUT2D eigenvalue weighted by molar-refractivity contribution is 8.44. The molecular formula is C24H26N10O10P2S. The Kier molecular flexibility index (Phi) is 7.10. The number of H-pyrrole nitrogens is 1. The minimum Gasteiger partial charge on any atom is -0.382 e. The number of phosphoric acid groups is 1. The monoisotopic (exact) mass is 708 g/mol. The SMILES string of the molecule is C#C[C@@H]1[C@H]2COP(=O)(O)O[C@H]3[C@H]4OC[C@]3(CO[P@@](=O)(S)O[C@H]1[C@H](n1cnc3c(=O)[nH]c(N)nc31)C2)O[C@H]4n1cnc2c(N)ncnc21. The highest BCUT2D eigenvalue weighted by Gasteiger charge is 2.66. The van der Waals surface area contributed by atoms with Crippen molar-refractivity contribution in [2.45, 2.75) is 42.6 Å². The number of imidazole rings is 2. The van der Waals surface area contributed by atoms with Crippen LogP contribution in [0.1, 0.15) is 18.7 Å². The van der Waals surface area contributed by atoms with Gasteiger partial charge in [-0.25, -0.2) is 29.1 Å². The highest BCUT2D eigenvalue weighted by Crippen LogP contribution is 2.62. The number of rotatable bonds is 2. The standard InChI is InChI=1S/C24H26N10O10P2S/c1-2-11-10-3-12(33-8-30-14-20(33)31-23(26)32-21(14)35)15(11)43-46(38,47)41-6-24-5-39-16(17(24)44-45(36,37)40-4-10)22(42-24)34-9-29-13-18(25)27-7-28-19(13)34/h1,7-12,15-17,22H,3-6H2,(H,36,37)(H,38,47)(H2,25,27,28)(H3,26,31,32,35)/t10-,11-,12-,15-,16-,17+,22-,24-,46-/m1/s1. The molecule has 6 N–H and O–H groups in total. The van der Waals surface area contributed by atoms with E-state index < -0.39 is 74.8 Å². The van der Waals surface area contributed by atoms with E-state index in [1.807, 2.05) is 0 Å². The fourth-order valence-electron chi connectivity index (χ4n) is 6.77. The van der Waals surface area contributed by atoms with Gasteiger partial charge in [0.05, 0.1) is 44.4 Å². The number of anilines is 2. The van der Waals surface area contributed by atoms with E-state index in [-0.39, 0.29) is 42.6 Å². The number of aromatic amines is 1. The summed E-state index contributed by atoms with van der Waals surface area (Å²) in [6.45, 7) is -5.34. The zero-order valence-corrected chi connectivity index (χ0v) is 26.6. The summed E-state index contributed by atoms with van der Waals surface area (Å²) < 4.78 is 65.9. The van der Waals surface area contributed by atoms with Crippen molar-refractivity contribution in [3.8, 4) is 12.3 Å². The number of ether oxygens (including phenoxy) is 2. The van der Waals surface area contributed by atoms with Crippen LogP contribution in [-0.2, 0) is 36.7 Å². The molecular weight excluding hydrogens is 682 g/mol. The Morgan fingerprint density at radius 3 is 2.66 bits per heavy atom. The molecule has 1 unspecified atom stereocenters. The Morgan fingerprint density at radius 1 is 1.06 bits per heavy atom. The molecule has 1 saturated carbocycles. The van der Waals surface area contributed by atoms with Crippen LogP contribution in [0.15, 0.2) is 23.8 Å². The molecule has 248 valence electrons. The maximum atomic E-state index is 13.9.